The zero-order valence-electron chi connectivity index (χ0n) is 12.1. The third kappa shape index (κ3) is 4.35. The Bertz CT molecular complexity index is 431. The van der Waals surface area contributed by atoms with Crippen LogP contribution in [0.5, 0.6) is 0 Å². The zero-order valence-corrected chi connectivity index (χ0v) is 12.1. The molecule has 0 saturated carbocycles. The summed E-state index contributed by atoms with van der Waals surface area (Å²) in [6.07, 6.45) is 6.39. The Morgan fingerprint density at radius 2 is 2.40 bits per heavy atom. The molecule has 2 heterocycles. The summed E-state index contributed by atoms with van der Waals surface area (Å²) in [4.78, 5) is 13.3. The average molecular weight is 280 g/mol. The van der Waals surface area contributed by atoms with Gasteiger partial charge in [0.1, 0.15) is 12.0 Å². The van der Waals surface area contributed by atoms with Gasteiger partial charge in [0.05, 0.1) is 12.1 Å². The number of aromatic carboxylic acids is 1. The van der Waals surface area contributed by atoms with Gasteiger partial charge >= 0.3 is 5.97 Å². The quantitative estimate of drug-likeness (QED) is 0.750. The molecule has 0 bridgehead atoms. The number of hydrogen-bond acceptors (Lipinski definition) is 4. The number of piperidine rings is 1. The Hall–Kier alpha value is -1.33. The number of carboxylic acid groups (broad SMARTS) is 1. The van der Waals surface area contributed by atoms with Crippen LogP contribution in [0.2, 0.25) is 0 Å². The van der Waals surface area contributed by atoms with Gasteiger partial charge in [0.2, 0.25) is 0 Å². The minimum absolute atomic E-state index is 0.212. The lowest BCUT2D eigenvalue weighted by Gasteiger charge is -2.33. The minimum Gasteiger partial charge on any atom is -0.478 e. The maximum absolute atomic E-state index is 10.7. The van der Waals surface area contributed by atoms with Crippen molar-refractivity contribution >= 4 is 5.97 Å². The molecule has 2 rings (SSSR count). The number of nitrogens with one attached hydrogen (secondary N) is 1. The predicted octanol–water partition coefficient (Wildman–Crippen LogP) is 2.33. The fourth-order valence-corrected chi connectivity index (χ4v) is 2.69. The van der Waals surface area contributed by atoms with Crippen molar-refractivity contribution in [3.05, 3.63) is 23.7 Å². The number of likely N-dealkylation sites (tertiary alicyclic amines) is 1. The molecule has 20 heavy (non-hydrogen) atoms. The molecule has 0 aliphatic carbocycles. The molecule has 1 aromatic heterocycles. The molecule has 0 aromatic carbocycles. The molecule has 1 fully saturated rings. The molecule has 1 atom stereocenters. The van der Waals surface area contributed by atoms with Gasteiger partial charge in [0, 0.05) is 6.04 Å². The van der Waals surface area contributed by atoms with E-state index in [1.807, 2.05) is 0 Å². The summed E-state index contributed by atoms with van der Waals surface area (Å²) in [5.41, 5.74) is 0.212. The van der Waals surface area contributed by atoms with Crippen LogP contribution in [0.25, 0.3) is 0 Å². The summed E-state index contributed by atoms with van der Waals surface area (Å²) in [5, 5.41) is 12.1. The number of carbonyl (C=O) groups is 1. The summed E-state index contributed by atoms with van der Waals surface area (Å²) >= 11 is 0. The Kier molecular flexibility index (Phi) is 5.61. The summed E-state index contributed by atoms with van der Waals surface area (Å²) in [6, 6.07) is 2.29. The van der Waals surface area contributed by atoms with Crippen molar-refractivity contribution in [2.45, 2.75) is 45.2 Å². The van der Waals surface area contributed by atoms with Crippen molar-refractivity contribution in [2.75, 3.05) is 19.6 Å². The number of hydrogen-bond donors (Lipinski definition) is 2. The van der Waals surface area contributed by atoms with E-state index in [1.165, 1.54) is 32.1 Å². The van der Waals surface area contributed by atoms with E-state index in [0.29, 0.717) is 18.3 Å². The van der Waals surface area contributed by atoms with E-state index in [4.69, 9.17) is 9.52 Å². The van der Waals surface area contributed by atoms with E-state index in [0.717, 1.165) is 19.5 Å². The van der Waals surface area contributed by atoms with Crippen molar-refractivity contribution in [2.24, 2.45) is 0 Å². The molecular weight excluding hydrogens is 256 g/mol. The first-order valence-corrected chi connectivity index (χ1v) is 7.42. The summed E-state index contributed by atoms with van der Waals surface area (Å²) in [5.74, 6) is -0.271. The maximum atomic E-state index is 10.7. The van der Waals surface area contributed by atoms with Gasteiger partial charge in [0.15, 0.2) is 0 Å². The van der Waals surface area contributed by atoms with Gasteiger partial charge in [-0.25, -0.2) is 4.79 Å². The fourth-order valence-electron chi connectivity index (χ4n) is 2.69. The Morgan fingerprint density at radius 1 is 1.55 bits per heavy atom. The van der Waals surface area contributed by atoms with Crippen LogP contribution in [-0.4, -0.2) is 41.7 Å². The van der Waals surface area contributed by atoms with Crippen LogP contribution in [0.4, 0.5) is 0 Å². The van der Waals surface area contributed by atoms with Crippen molar-refractivity contribution in [3.63, 3.8) is 0 Å². The fraction of sp³-hybridized carbons (Fsp3) is 0.667. The highest BCUT2D eigenvalue weighted by Crippen LogP contribution is 2.16. The van der Waals surface area contributed by atoms with Crippen LogP contribution in [0.1, 0.15) is 48.7 Å². The normalized spacial score (nSPS) is 20.1. The molecule has 0 radical (unpaired) electrons. The summed E-state index contributed by atoms with van der Waals surface area (Å²) in [7, 11) is 0. The van der Waals surface area contributed by atoms with E-state index < -0.39 is 5.97 Å². The Morgan fingerprint density at radius 3 is 3.10 bits per heavy atom. The van der Waals surface area contributed by atoms with Crippen LogP contribution >= 0.6 is 0 Å². The lowest BCUT2D eigenvalue weighted by molar-refractivity contribution is 0.0696. The monoisotopic (exact) mass is 280 g/mol. The number of nitrogens with zero attached hydrogens (tertiary/aromatic N) is 1. The highest BCUT2D eigenvalue weighted by Gasteiger charge is 2.17. The molecule has 112 valence electrons. The Balaban J connectivity index is 1.60. The number of rotatable bonds is 7. The molecule has 5 heteroatoms. The second-order valence-electron chi connectivity index (χ2n) is 5.52. The van der Waals surface area contributed by atoms with Crippen LogP contribution in [0.15, 0.2) is 16.7 Å². The van der Waals surface area contributed by atoms with Gasteiger partial charge in [0.25, 0.3) is 0 Å². The first kappa shape index (κ1) is 15.1. The lowest BCUT2D eigenvalue weighted by atomic mass is 10.0. The molecule has 1 aliphatic rings. The summed E-state index contributed by atoms with van der Waals surface area (Å²) in [6.45, 7) is 6.17. The van der Waals surface area contributed by atoms with E-state index in [1.54, 1.807) is 6.07 Å². The van der Waals surface area contributed by atoms with Gasteiger partial charge in [-0.2, -0.15) is 0 Å². The van der Waals surface area contributed by atoms with E-state index in [-0.39, 0.29) is 5.56 Å². The summed E-state index contributed by atoms with van der Waals surface area (Å²) < 4.78 is 5.19. The molecule has 5 nitrogen and oxygen atoms in total. The molecule has 1 aliphatic heterocycles. The second-order valence-corrected chi connectivity index (χ2v) is 5.52. The van der Waals surface area contributed by atoms with Gasteiger partial charge in [-0.15, -0.1) is 0 Å². The smallest absolute Gasteiger partial charge is 0.338 e. The SMILES string of the molecule is CC1CCCCN1CCCNCc1cc(C(=O)O)co1. The molecule has 1 unspecified atom stereocenters. The number of furan rings is 1. The molecule has 1 aromatic rings. The molecule has 1 saturated heterocycles. The highest BCUT2D eigenvalue weighted by molar-refractivity contribution is 5.87. The number of carboxylic acids is 1. The second kappa shape index (κ2) is 7.45. The first-order valence-electron chi connectivity index (χ1n) is 7.42. The van der Waals surface area contributed by atoms with Crippen LogP contribution < -0.4 is 5.32 Å². The topological polar surface area (TPSA) is 65.7 Å². The third-order valence-electron chi connectivity index (χ3n) is 3.94. The van der Waals surface area contributed by atoms with Crippen LogP contribution in [-0.2, 0) is 6.54 Å². The third-order valence-corrected chi connectivity index (χ3v) is 3.94. The minimum atomic E-state index is -0.945. The lowest BCUT2D eigenvalue weighted by Crippen LogP contribution is -2.38. The zero-order chi connectivity index (χ0) is 14.4. The van der Waals surface area contributed by atoms with Crippen LogP contribution in [0, 0.1) is 0 Å². The predicted molar refractivity (Wildman–Crippen MR) is 76.9 cm³/mol. The van der Waals surface area contributed by atoms with E-state index in [2.05, 4.69) is 17.1 Å². The molecule has 0 amide bonds. The molecular formula is C15H24N2O3. The highest BCUT2D eigenvalue weighted by atomic mass is 16.4. The van der Waals surface area contributed by atoms with Gasteiger partial charge in [-0.05, 0) is 51.9 Å². The first-order chi connectivity index (χ1) is 9.66. The Labute approximate surface area is 119 Å². The molecule has 0 spiro atoms. The van der Waals surface area contributed by atoms with Crippen molar-refractivity contribution < 1.29 is 14.3 Å². The van der Waals surface area contributed by atoms with Crippen LogP contribution in [0.3, 0.4) is 0 Å². The maximum Gasteiger partial charge on any atom is 0.338 e. The largest absolute Gasteiger partial charge is 0.478 e. The van der Waals surface area contributed by atoms with Gasteiger partial charge in [-0.3, -0.25) is 0 Å². The van der Waals surface area contributed by atoms with Gasteiger partial charge in [-0.1, -0.05) is 6.42 Å². The van der Waals surface area contributed by atoms with E-state index >= 15 is 0 Å². The molecule has 2 N–H and O–H groups in total. The van der Waals surface area contributed by atoms with Crippen molar-refractivity contribution in [3.8, 4) is 0 Å². The standard InChI is InChI=1S/C15H24N2O3/c1-12-5-2-3-7-17(12)8-4-6-16-10-14-9-13(11-20-14)15(18)19/h9,11-12,16H,2-8,10H2,1H3,(H,18,19). The van der Waals surface area contributed by atoms with Crippen molar-refractivity contribution in [1.29, 1.82) is 0 Å². The van der Waals surface area contributed by atoms with E-state index in [9.17, 15) is 4.79 Å². The average Bonchev–Trinajstić information content (AvgIpc) is 2.89. The van der Waals surface area contributed by atoms with Gasteiger partial charge < -0.3 is 19.7 Å². The van der Waals surface area contributed by atoms with Crippen molar-refractivity contribution in [1.82, 2.24) is 10.2 Å².